The third-order valence-corrected chi connectivity index (χ3v) is 4.69. The lowest BCUT2D eigenvalue weighted by Crippen LogP contribution is -2.02. The van der Waals surface area contributed by atoms with Gasteiger partial charge in [0.05, 0.1) is 16.6 Å². The molecule has 0 saturated carbocycles. The van der Waals surface area contributed by atoms with Gasteiger partial charge in [-0.1, -0.05) is 43.3 Å². The van der Waals surface area contributed by atoms with Crippen molar-refractivity contribution in [3.8, 4) is 29.3 Å². The van der Waals surface area contributed by atoms with Gasteiger partial charge < -0.3 is 4.74 Å². The van der Waals surface area contributed by atoms with Gasteiger partial charge in [-0.05, 0) is 41.8 Å². The van der Waals surface area contributed by atoms with Crippen LogP contribution in [0.2, 0.25) is 0 Å². The minimum Gasteiger partial charge on any atom is -0.455 e. The Labute approximate surface area is 168 Å². The maximum Gasteiger partial charge on any atom is 0.154 e. The highest BCUT2D eigenvalue weighted by molar-refractivity contribution is 5.77. The quantitative estimate of drug-likeness (QED) is 0.493. The molecule has 0 fully saturated rings. The Morgan fingerprint density at radius 2 is 1.62 bits per heavy atom. The summed E-state index contributed by atoms with van der Waals surface area (Å²) in [6.45, 7) is 4.26. The van der Waals surface area contributed by atoms with E-state index < -0.39 is 0 Å². The standard InChI is InChI=1S/C23H17N5O/c1-15(2)16-7-9-19(10-8-16)29-23-12-18(14-25)17(13-24)11-22(23)28-21-6-4-3-5-20(21)26-27-28/h3-12,15H,1-2H3. The van der Waals surface area contributed by atoms with Crippen LogP contribution in [0.25, 0.3) is 16.7 Å². The Morgan fingerprint density at radius 3 is 2.31 bits per heavy atom. The van der Waals surface area contributed by atoms with Crippen LogP contribution in [-0.2, 0) is 0 Å². The molecule has 0 unspecified atom stereocenters. The highest BCUT2D eigenvalue weighted by atomic mass is 16.5. The van der Waals surface area contributed by atoms with Crippen molar-refractivity contribution in [1.29, 1.82) is 10.5 Å². The van der Waals surface area contributed by atoms with E-state index in [1.807, 2.05) is 48.5 Å². The van der Waals surface area contributed by atoms with Crippen molar-refractivity contribution >= 4 is 11.0 Å². The predicted molar refractivity (Wildman–Crippen MR) is 109 cm³/mol. The zero-order valence-corrected chi connectivity index (χ0v) is 16.0. The number of hydrogen-bond donors (Lipinski definition) is 0. The molecule has 0 amide bonds. The highest BCUT2D eigenvalue weighted by Crippen LogP contribution is 2.33. The van der Waals surface area contributed by atoms with Crippen molar-refractivity contribution < 1.29 is 4.74 Å². The van der Waals surface area contributed by atoms with Crippen LogP contribution in [0.1, 0.15) is 36.5 Å². The van der Waals surface area contributed by atoms with Crippen molar-refractivity contribution in [2.45, 2.75) is 19.8 Å². The zero-order chi connectivity index (χ0) is 20.4. The largest absolute Gasteiger partial charge is 0.455 e. The monoisotopic (exact) mass is 379 g/mol. The zero-order valence-electron chi connectivity index (χ0n) is 16.0. The molecule has 140 valence electrons. The van der Waals surface area contributed by atoms with Crippen molar-refractivity contribution in [1.82, 2.24) is 15.0 Å². The summed E-state index contributed by atoms with van der Waals surface area (Å²) >= 11 is 0. The van der Waals surface area contributed by atoms with Crippen molar-refractivity contribution in [3.63, 3.8) is 0 Å². The smallest absolute Gasteiger partial charge is 0.154 e. The number of fused-ring (bicyclic) bond motifs is 1. The number of nitriles is 2. The molecule has 0 spiro atoms. The van der Waals surface area contributed by atoms with Crippen LogP contribution >= 0.6 is 0 Å². The number of ether oxygens (including phenoxy) is 1. The summed E-state index contributed by atoms with van der Waals surface area (Å²) in [6.07, 6.45) is 0. The van der Waals surface area contributed by atoms with E-state index in [4.69, 9.17) is 4.74 Å². The van der Waals surface area contributed by atoms with Gasteiger partial charge in [0, 0.05) is 6.07 Å². The van der Waals surface area contributed by atoms with E-state index in [9.17, 15) is 10.5 Å². The summed E-state index contributed by atoms with van der Waals surface area (Å²) in [5, 5.41) is 27.3. The Hall–Kier alpha value is -4.16. The van der Waals surface area contributed by atoms with Crippen molar-refractivity contribution in [3.05, 3.63) is 77.4 Å². The number of rotatable bonds is 4. The minimum atomic E-state index is 0.245. The maximum atomic E-state index is 9.46. The van der Waals surface area contributed by atoms with Crippen LogP contribution in [0.3, 0.4) is 0 Å². The van der Waals surface area contributed by atoms with Gasteiger partial charge in [-0.3, -0.25) is 0 Å². The molecule has 29 heavy (non-hydrogen) atoms. The third kappa shape index (κ3) is 3.40. The topological polar surface area (TPSA) is 87.5 Å². The van der Waals surface area contributed by atoms with Crippen molar-refractivity contribution in [2.24, 2.45) is 0 Å². The molecule has 0 radical (unpaired) electrons. The molecule has 6 nitrogen and oxygen atoms in total. The molecule has 1 heterocycles. The molecule has 1 aromatic heterocycles. The first-order chi connectivity index (χ1) is 14.1. The second-order valence-corrected chi connectivity index (χ2v) is 6.90. The Balaban J connectivity index is 1.86. The minimum absolute atomic E-state index is 0.245. The summed E-state index contributed by atoms with van der Waals surface area (Å²) in [5.74, 6) is 1.48. The van der Waals surface area contributed by atoms with E-state index in [0.29, 0.717) is 23.1 Å². The van der Waals surface area contributed by atoms with Gasteiger partial charge in [-0.15, -0.1) is 5.10 Å². The van der Waals surface area contributed by atoms with E-state index in [1.165, 1.54) is 5.56 Å². The lowest BCUT2D eigenvalue weighted by atomic mass is 10.0. The van der Waals surface area contributed by atoms with Gasteiger partial charge in [0.1, 0.15) is 29.1 Å². The average Bonchev–Trinajstić information content (AvgIpc) is 3.17. The molecule has 0 saturated heterocycles. The molecule has 0 atom stereocenters. The number of aromatic nitrogens is 3. The first-order valence-corrected chi connectivity index (χ1v) is 9.17. The molecular formula is C23H17N5O. The second-order valence-electron chi connectivity index (χ2n) is 6.90. The van der Waals surface area contributed by atoms with Crippen LogP contribution < -0.4 is 4.74 Å². The highest BCUT2D eigenvalue weighted by Gasteiger charge is 2.17. The fourth-order valence-electron chi connectivity index (χ4n) is 3.10. The van der Waals surface area contributed by atoms with Gasteiger partial charge in [-0.2, -0.15) is 10.5 Å². The Bertz CT molecular complexity index is 1270. The summed E-state index contributed by atoms with van der Waals surface area (Å²) in [5.41, 5.74) is 3.75. The molecule has 0 aliphatic heterocycles. The molecule has 4 rings (SSSR count). The fourth-order valence-corrected chi connectivity index (χ4v) is 3.10. The molecule has 0 aliphatic rings. The maximum absolute atomic E-state index is 9.46. The van der Waals surface area contributed by atoms with Gasteiger partial charge in [0.15, 0.2) is 5.75 Å². The molecule has 4 aromatic rings. The van der Waals surface area contributed by atoms with E-state index >= 15 is 0 Å². The van der Waals surface area contributed by atoms with E-state index in [0.717, 1.165) is 11.0 Å². The molecule has 6 heteroatoms. The summed E-state index contributed by atoms with van der Waals surface area (Å²) < 4.78 is 7.73. The predicted octanol–water partition coefficient (Wildman–Crippen LogP) is 5.08. The summed E-state index contributed by atoms with van der Waals surface area (Å²) in [6, 6.07) is 22.6. The van der Waals surface area contributed by atoms with E-state index in [-0.39, 0.29) is 11.1 Å². The summed E-state index contributed by atoms with van der Waals surface area (Å²) in [7, 11) is 0. The average molecular weight is 379 g/mol. The molecule has 0 bridgehead atoms. The molecular weight excluding hydrogens is 362 g/mol. The number of benzene rings is 3. The SMILES string of the molecule is CC(C)c1ccc(Oc2cc(C#N)c(C#N)cc2-n2nnc3ccccc32)cc1. The second kappa shape index (κ2) is 7.46. The van der Waals surface area contributed by atoms with Gasteiger partial charge in [0.2, 0.25) is 0 Å². The fraction of sp³-hybridized carbons (Fsp3) is 0.130. The van der Waals surface area contributed by atoms with E-state index in [1.54, 1.807) is 16.8 Å². The number of nitrogens with zero attached hydrogens (tertiary/aromatic N) is 5. The van der Waals surface area contributed by atoms with Gasteiger partial charge in [-0.25, -0.2) is 4.68 Å². The molecule has 3 aromatic carbocycles. The molecule has 0 N–H and O–H groups in total. The normalized spacial score (nSPS) is 10.7. The third-order valence-electron chi connectivity index (χ3n) is 4.69. The van der Waals surface area contributed by atoms with Gasteiger partial charge >= 0.3 is 0 Å². The van der Waals surface area contributed by atoms with Crippen LogP contribution in [0.5, 0.6) is 11.5 Å². The number of hydrogen-bond acceptors (Lipinski definition) is 5. The first-order valence-electron chi connectivity index (χ1n) is 9.17. The van der Waals surface area contributed by atoms with Crippen LogP contribution in [0.15, 0.2) is 60.7 Å². The Kier molecular flexibility index (Phi) is 4.68. The summed E-state index contributed by atoms with van der Waals surface area (Å²) in [4.78, 5) is 0. The first kappa shape index (κ1) is 18.2. The van der Waals surface area contributed by atoms with Crippen molar-refractivity contribution in [2.75, 3.05) is 0 Å². The van der Waals surface area contributed by atoms with Crippen LogP contribution in [-0.4, -0.2) is 15.0 Å². The van der Waals surface area contributed by atoms with Crippen LogP contribution in [0, 0.1) is 22.7 Å². The number of para-hydroxylation sites is 1. The lowest BCUT2D eigenvalue weighted by Gasteiger charge is -2.14. The van der Waals surface area contributed by atoms with Gasteiger partial charge in [0.25, 0.3) is 0 Å². The van der Waals surface area contributed by atoms with E-state index in [2.05, 4.69) is 36.3 Å². The molecule has 0 aliphatic carbocycles. The lowest BCUT2D eigenvalue weighted by molar-refractivity contribution is 0.477. The Morgan fingerprint density at radius 1 is 0.931 bits per heavy atom. The van der Waals surface area contributed by atoms with Crippen LogP contribution in [0.4, 0.5) is 0 Å².